The predicted molar refractivity (Wildman–Crippen MR) is 71.4 cm³/mol. The third-order valence-corrected chi connectivity index (χ3v) is 4.36. The first-order valence-corrected chi connectivity index (χ1v) is 7.43. The SMILES string of the molecule is FC1(F)COC2(CCOC2)c2nc(Cl)cc(OC3COC3)c21. The molecule has 22 heavy (non-hydrogen) atoms. The lowest BCUT2D eigenvalue weighted by Gasteiger charge is -2.39. The first-order valence-electron chi connectivity index (χ1n) is 7.06. The Hall–Kier alpha value is -1.02. The number of hydrogen-bond donors (Lipinski definition) is 0. The highest BCUT2D eigenvalue weighted by molar-refractivity contribution is 6.29. The molecule has 1 atom stereocenters. The van der Waals surface area contributed by atoms with Crippen LogP contribution in [0, 0.1) is 0 Å². The van der Waals surface area contributed by atoms with Crippen molar-refractivity contribution < 1.29 is 27.7 Å². The topological polar surface area (TPSA) is 49.8 Å². The van der Waals surface area contributed by atoms with Gasteiger partial charge < -0.3 is 18.9 Å². The maximum Gasteiger partial charge on any atom is 0.301 e. The van der Waals surface area contributed by atoms with Gasteiger partial charge in [0, 0.05) is 19.1 Å². The number of aromatic nitrogens is 1. The molecule has 3 aliphatic heterocycles. The zero-order valence-corrected chi connectivity index (χ0v) is 12.4. The minimum Gasteiger partial charge on any atom is -0.485 e. The highest BCUT2D eigenvalue weighted by Gasteiger charge is 2.54. The molecule has 0 aliphatic carbocycles. The summed E-state index contributed by atoms with van der Waals surface area (Å²) in [6.07, 6.45) is 0.229. The van der Waals surface area contributed by atoms with E-state index in [0.717, 1.165) is 0 Å². The molecule has 5 nitrogen and oxygen atoms in total. The van der Waals surface area contributed by atoms with Crippen LogP contribution in [0.4, 0.5) is 8.78 Å². The van der Waals surface area contributed by atoms with E-state index < -0.39 is 18.1 Å². The van der Waals surface area contributed by atoms with E-state index >= 15 is 0 Å². The van der Waals surface area contributed by atoms with Crippen molar-refractivity contribution in [3.05, 3.63) is 22.5 Å². The van der Waals surface area contributed by atoms with Crippen LogP contribution in [0.25, 0.3) is 0 Å². The van der Waals surface area contributed by atoms with Crippen molar-refractivity contribution in [2.75, 3.05) is 33.0 Å². The highest BCUT2D eigenvalue weighted by Crippen LogP contribution is 2.50. The first kappa shape index (κ1) is 14.6. The van der Waals surface area contributed by atoms with Gasteiger partial charge in [-0.15, -0.1) is 0 Å². The maximum atomic E-state index is 14.4. The quantitative estimate of drug-likeness (QED) is 0.777. The van der Waals surface area contributed by atoms with Crippen LogP contribution in [0.5, 0.6) is 5.75 Å². The lowest BCUT2D eigenvalue weighted by atomic mass is 9.88. The van der Waals surface area contributed by atoms with E-state index in [0.29, 0.717) is 26.2 Å². The third-order valence-electron chi connectivity index (χ3n) is 4.17. The van der Waals surface area contributed by atoms with Crippen LogP contribution in [0.2, 0.25) is 5.15 Å². The van der Waals surface area contributed by atoms with Gasteiger partial charge in [-0.1, -0.05) is 11.6 Å². The number of fused-ring (bicyclic) bond motifs is 2. The molecule has 2 fully saturated rings. The number of nitrogens with zero attached hydrogens (tertiary/aromatic N) is 1. The van der Waals surface area contributed by atoms with Crippen molar-refractivity contribution >= 4 is 11.6 Å². The van der Waals surface area contributed by atoms with E-state index in [1.807, 2.05) is 0 Å². The summed E-state index contributed by atoms with van der Waals surface area (Å²) in [5.74, 6) is -3.12. The van der Waals surface area contributed by atoms with Crippen molar-refractivity contribution in [1.29, 1.82) is 0 Å². The lowest BCUT2D eigenvalue weighted by Crippen LogP contribution is -2.45. The Labute approximate surface area is 130 Å². The molecule has 0 bridgehead atoms. The normalized spacial score (nSPS) is 30.1. The molecule has 4 heterocycles. The zero-order chi connectivity index (χ0) is 15.4. The van der Waals surface area contributed by atoms with Crippen molar-refractivity contribution in [3.8, 4) is 5.75 Å². The summed E-state index contributed by atoms with van der Waals surface area (Å²) in [4.78, 5) is 4.13. The summed E-state index contributed by atoms with van der Waals surface area (Å²) < 4.78 is 50.3. The minimum atomic E-state index is -3.18. The summed E-state index contributed by atoms with van der Waals surface area (Å²) in [6, 6.07) is 1.33. The van der Waals surface area contributed by atoms with Gasteiger partial charge in [0.1, 0.15) is 29.2 Å². The molecular formula is C14H14ClF2NO4. The second-order valence-corrected chi connectivity index (χ2v) is 6.12. The Bertz CT molecular complexity index is 603. The van der Waals surface area contributed by atoms with Gasteiger partial charge in [-0.3, -0.25) is 0 Å². The maximum absolute atomic E-state index is 14.4. The fourth-order valence-electron chi connectivity index (χ4n) is 2.95. The van der Waals surface area contributed by atoms with E-state index in [9.17, 15) is 8.78 Å². The Morgan fingerprint density at radius 3 is 2.73 bits per heavy atom. The van der Waals surface area contributed by atoms with Crippen LogP contribution in [0.1, 0.15) is 17.7 Å². The van der Waals surface area contributed by atoms with Gasteiger partial charge >= 0.3 is 5.92 Å². The van der Waals surface area contributed by atoms with E-state index in [4.69, 9.17) is 30.5 Å². The van der Waals surface area contributed by atoms with E-state index in [1.165, 1.54) is 6.07 Å². The number of halogens is 3. The van der Waals surface area contributed by atoms with Crippen LogP contribution < -0.4 is 4.74 Å². The Balaban J connectivity index is 1.85. The lowest BCUT2D eigenvalue weighted by molar-refractivity contribution is -0.172. The molecule has 0 amide bonds. The summed E-state index contributed by atoms with van der Waals surface area (Å²) in [7, 11) is 0. The molecule has 0 radical (unpaired) electrons. The monoisotopic (exact) mass is 333 g/mol. The average Bonchev–Trinajstić information content (AvgIpc) is 2.88. The minimum absolute atomic E-state index is 0.0582. The second-order valence-electron chi connectivity index (χ2n) is 5.73. The van der Waals surface area contributed by atoms with Crippen LogP contribution in [-0.4, -0.2) is 44.1 Å². The van der Waals surface area contributed by atoms with Crippen molar-refractivity contribution in [2.45, 2.75) is 24.0 Å². The molecule has 1 aromatic rings. The average molecular weight is 334 g/mol. The Morgan fingerprint density at radius 1 is 1.27 bits per heavy atom. The third kappa shape index (κ3) is 2.19. The molecule has 3 aliphatic rings. The summed E-state index contributed by atoms with van der Waals surface area (Å²) in [5.41, 5.74) is -1.07. The van der Waals surface area contributed by atoms with Crippen molar-refractivity contribution in [2.24, 2.45) is 0 Å². The summed E-state index contributed by atoms with van der Waals surface area (Å²) >= 11 is 6.02. The molecule has 1 aromatic heterocycles. The van der Waals surface area contributed by atoms with Gasteiger partial charge in [-0.05, 0) is 0 Å². The number of pyridine rings is 1. The highest BCUT2D eigenvalue weighted by atomic mass is 35.5. The summed E-state index contributed by atoms with van der Waals surface area (Å²) in [5, 5.41) is 0.0987. The molecule has 4 rings (SSSR count). The zero-order valence-electron chi connectivity index (χ0n) is 11.6. The van der Waals surface area contributed by atoms with Crippen LogP contribution in [0.15, 0.2) is 6.07 Å². The fraction of sp³-hybridized carbons (Fsp3) is 0.643. The fourth-order valence-corrected chi connectivity index (χ4v) is 3.13. The molecule has 0 aromatic carbocycles. The Kier molecular flexibility index (Phi) is 3.30. The summed E-state index contributed by atoms with van der Waals surface area (Å²) in [6.45, 7) is 0.668. The molecule has 0 saturated carbocycles. The van der Waals surface area contributed by atoms with Gasteiger partial charge in [0.15, 0.2) is 0 Å². The van der Waals surface area contributed by atoms with Gasteiger partial charge in [0.05, 0.1) is 31.1 Å². The van der Waals surface area contributed by atoms with Gasteiger partial charge in [0.25, 0.3) is 0 Å². The number of alkyl halides is 2. The Morgan fingerprint density at radius 2 is 2.09 bits per heavy atom. The largest absolute Gasteiger partial charge is 0.485 e. The number of hydrogen-bond acceptors (Lipinski definition) is 5. The number of rotatable bonds is 2. The molecule has 1 spiro atoms. The smallest absolute Gasteiger partial charge is 0.301 e. The molecular weight excluding hydrogens is 320 g/mol. The molecule has 8 heteroatoms. The molecule has 2 saturated heterocycles. The molecule has 120 valence electrons. The van der Waals surface area contributed by atoms with Gasteiger partial charge in [0.2, 0.25) is 0 Å². The van der Waals surface area contributed by atoms with Gasteiger partial charge in [-0.25, -0.2) is 4.98 Å². The first-order chi connectivity index (χ1) is 10.5. The number of ether oxygens (including phenoxy) is 4. The molecule has 0 N–H and O–H groups in total. The molecule has 1 unspecified atom stereocenters. The second kappa shape index (κ2) is 4.99. The van der Waals surface area contributed by atoms with Crippen LogP contribution >= 0.6 is 11.6 Å². The van der Waals surface area contributed by atoms with Crippen molar-refractivity contribution in [3.63, 3.8) is 0 Å². The van der Waals surface area contributed by atoms with Crippen LogP contribution in [0.3, 0.4) is 0 Å². The predicted octanol–water partition coefficient (Wildman–Crippen LogP) is 2.25. The van der Waals surface area contributed by atoms with Gasteiger partial charge in [-0.2, -0.15) is 8.78 Å². The van der Waals surface area contributed by atoms with E-state index in [1.54, 1.807) is 0 Å². The van der Waals surface area contributed by atoms with E-state index in [-0.39, 0.29) is 34.9 Å². The standard InChI is InChI=1S/C14H14ClF2NO4/c15-10-3-9(22-8-4-20-5-8)11-12(18-10)13(1-2-19-6-13)21-7-14(11,16)17/h3,8H,1-2,4-7H2. The van der Waals surface area contributed by atoms with E-state index in [2.05, 4.69) is 4.98 Å². The van der Waals surface area contributed by atoms with Crippen LogP contribution in [-0.2, 0) is 25.7 Å². The van der Waals surface area contributed by atoms with Crippen molar-refractivity contribution in [1.82, 2.24) is 4.98 Å².